The number of ketones is 1. The Morgan fingerprint density at radius 2 is 1.83 bits per heavy atom. The van der Waals surface area contributed by atoms with Crippen molar-refractivity contribution in [2.75, 3.05) is 32.8 Å². The lowest BCUT2D eigenvalue weighted by molar-refractivity contribution is 0.100. The molecule has 1 saturated heterocycles. The second kappa shape index (κ2) is 9.81. The Bertz CT molecular complexity index is 873. The maximum atomic E-state index is 12.6. The second-order valence-electron chi connectivity index (χ2n) is 7.29. The van der Waals surface area contributed by atoms with Crippen molar-refractivity contribution in [1.82, 2.24) is 4.90 Å². The van der Waals surface area contributed by atoms with Crippen LogP contribution >= 0.6 is 12.4 Å². The lowest BCUT2D eigenvalue weighted by atomic mass is 9.98. The molecule has 2 aromatic carbocycles. The van der Waals surface area contributed by atoms with Gasteiger partial charge in [0.15, 0.2) is 5.78 Å². The summed E-state index contributed by atoms with van der Waals surface area (Å²) in [6, 6.07) is 12.3. The summed E-state index contributed by atoms with van der Waals surface area (Å²) in [6.07, 6.45) is 5.76. The highest BCUT2D eigenvalue weighted by Gasteiger charge is 2.23. The predicted octanol–water partition coefficient (Wildman–Crippen LogP) is 4.34. The zero-order valence-electron chi connectivity index (χ0n) is 16.3. The molecule has 5 nitrogen and oxygen atoms in total. The summed E-state index contributed by atoms with van der Waals surface area (Å²) in [5.41, 5.74) is 2.00. The number of ether oxygens (including phenoxy) is 2. The van der Waals surface area contributed by atoms with Gasteiger partial charge in [-0.1, -0.05) is 18.6 Å². The van der Waals surface area contributed by atoms with Gasteiger partial charge in [-0.3, -0.25) is 9.69 Å². The van der Waals surface area contributed by atoms with Gasteiger partial charge in [-0.2, -0.15) is 0 Å². The van der Waals surface area contributed by atoms with E-state index in [9.17, 15) is 9.90 Å². The number of phenols is 1. The standard InChI is InChI=1S/C23H25NO4.ClH/c25-19-6-9-21-22(15-19)28-16-18(23(21)26)14-17-4-7-20(8-5-17)27-13-12-24-10-2-1-3-11-24;/h4-9,14-15,25H,1-3,10-13,16H2;1H/b18-14+;. The van der Waals surface area contributed by atoms with Crippen LogP contribution < -0.4 is 9.47 Å². The number of phenolic OH excluding ortho intramolecular Hbond substituents is 1. The molecule has 0 saturated carbocycles. The van der Waals surface area contributed by atoms with Crippen molar-refractivity contribution in [3.05, 3.63) is 59.2 Å². The van der Waals surface area contributed by atoms with E-state index < -0.39 is 0 Å². The first-order valence-electron chi connectivity index (χ1n) is 9.85. The van der Waals surface area contributed by atoms with Gasteiger partial charge in [-0.15, -0.1) is 12.4 Å². The van der Waals surface area contributed by atoms with E-state index in [4.69, 9.17) is 9.47 Å². The zero-order chi connectivity index (χ0) is 19.3. The molecule has 6 heteroatoms. The van der Waals surface area contributed by atoms with Crippen molar-refractivity contribution in [3.63, 3.8) is 0 Å². The number of nitrogens with zero attached hydrogens (tertiary/aromatic N) is 1. The summed E-state index contributed by atoms with van der Waals surface area (Å²) in [7, 11) is 0. The number of Topliss-reactive ketones (excluding diaryl/α,β-unsaturated/α-hetero) is 1. The highest BCUT2D eigenvalue weighted by atomic mass is 35.5. The van der Waals surface area contributed by atoms with Gasteiger partial charge in [0.25, 0.3) is 0 Å². The Morgan fingerprint density at radius 1 is 1.07 bits per heavy atom. The van der Waals surface area contributed by atoms with Crippen LogP contribution in [0.25, 0.3) is 6.08 Å². The normalized spacial score (nSPS) is 17.9. The molecular weight excluding hydrogens is 390 g/mol. The molecule has 4 rings (SSSR count). The van der Waals surface area contributed by atoms with Gasteiger partial charge in [-0.05, 0) is 61.8 Å². The molecule has 1 N–H and O–H groups in total. The van der Waals surface area contributed by atoms with Crippen molar-refractivity contribution < 1.29 is 19.4 Å². The molecule has 154 valence electrons. The molecule has 29 heavy (non-hydrogen) atoms. The lowest BCUT2D eigenvalue weighted by Gasteiger charge is -2.26. The van der Waals surface area contributed by atoms with Crippen LogP contribution in [0.1, 0.15) is 35.2 Å². The van der Waals surface area contributed by atoms with Crippen molar-refractivity contribution in [1.29, 1.82) is 0 Å². The van der Waals surface area contributed by atoms with Crippen LogP contribution in [-0.4, -0.2) is 48.6 Å². The largest absolute Gasteiger partial charge is 0.508 e. The molecule has 0 aliphatic carbocycles. The lowest BCUT2D eigenvalue weighted by Crippen LogP contribution is -2.33. The number of halogens is 1. The number of rotatable bonds is 5. The highest BCUT2D eigenvalue weighted by molar-refractivity contribution is 6.14. The maximum Gasteiger partial charge on any atom is 0.196 e. The van der Waals surface area contributed by atoms with Gasteiger partial charge < -0.3 is 14.6 Å². The van der Waals surface area contributed by atoms with E-state index in [1.165, 1.54) is 44.5 Å². The van der Waals surface area contributed by atoms with E-state index >= 15 is 0 Å². The fourth-order valence-corrected chi connectivity index (χ4v) is 3.66. The van der Waals surface area contributed by atoms with Crippen LogP contribution in [-0.2, 0) is 0 Å². The number of piperidine rings is 1. The Kier molecular flexibility index (Phi) is 7.18. The topological polar surface area (TPSA) is 59.0 Å². The number of likely N-dealkylation sites (tertiary alicyclic amines) is 1. The first-order chi connectivity index (χ1) is 13.7. The van der Waals surface area contributed by atoms with E-state index in [2.05, 4.69) is 4.90 Å². The third kappa shape index (κ3) is 5.31. The number of fused-ring (bicyclic) bond motifs is 1. The summed E-state index contributed by atoms with van der Waals surface area (Å²) in [4.78, 5) is 15.1. The fourth-order valence-electron chi connectivity index (χ4n) is 3.66. The van der Waals surface area contributed by atoms with Gasteiger partial charge in [-0.25, -0.2) is 0 Å². The van der Waals surface area contributed by atoms with Crippen LogP contribution in [0, 0.1) is 0 Å². The van der Waals surface area contributed by atoms with Crippen LogP contribution in [0.15, 0.2) is 48.0 Å². The Balaban J connectivity index is 0.00000240. The molecular formula is C23H26ClNO4. The van der Waals surface area contributed by atoms with E-state index in [1.54, 1.807) is 6.07 Å². The summed E-state index contributed by atoms with van der Waals surface area (Å²) >= 11 is 0. The Hall–Kier alpha value is -2.50. The molecule has 2 aliphatic heterocycles. The van der Waals surface area contributed by atoms with Gasteiger partial charge in [0, 0.05) is 18.2 Å². The van der Waals surface area contributed by atoms with E-state index in [1.807, 2.05) is 30.3 Å². The molecule has 0 aromatic heterocycles. The SMILES string of the molecule is Cl.O=C1/C(=C/c2ccc(OCCN3CCCCC3)cc2)COc2cc(O)ccc21. The number of benzene rings is 2. The summed E-state index contributed by atoms with van der Waals surface area (Å²) in [6.45, 7) is 4.20. The molecule has 0 amide bonds. The highest BCUT2D eigenvalue weighted by Crippen LogP contribution is 2.31. The fraction of sp³-hybridized carbons (Fsp3) is 0.348. The van der Waals surface area contributed by atoms with Gasteiger partial charge >= 0.3 is 0 Å². The first-order valence-corrected chi connectivity index (χ1v) is 9.85. The second-order valence-corrected chi connectivity index (χ2v) is 7.29. The summed E-state index contributed by atoms with van der Waals surface area (Å²) in [5, 5.41) is 9.52. The minimum Gasteiger partial charge on any atom is -0.508 e. The van der Waals surface area contributed by atoms with Gasteiger partial charge in [0.2, 0.25) is 0 Å². The number of carbonyl (C=O) groups is 1. The minimum atomic E-state index is -0.0666. The number of aromatic hydroxyl groups is 1. The van der Waals surface area contributed by atoms with Gasteiger partial charge in [0.05, 0.1) is 5.56 Å². The smallest absolute Gasteiger partial charge is 0.196 e. The molecule has 0 bridgehead atoms. The van der Waals surface area contributed by atoms with Crippen molar-refractivity contribution >= 4 is 24.3 Å². The Morgan fingerprint density at radius 3 is 2.59 bits per heavy atom. The molecule has 0 unspecified atom stereocenters. The third-order valence-corrected chi connectivity index (χ3v) is 5.23. The zero-order valence-corrected chi connectivity index (χ0v) is 17.1. The molecule has 1 fully saturated rings. The average Bonchev–Trinajstić information content (AvgIpc) is 2.72. The van der Waals surface area contributed by atoms with Crippen molar-refractivity contribution in [3.8, 4) is 17.2 Å². The summed E-state index contributed by atoms with van der Waals surface area (Å²) in [5.74, 6) is 1.30. The third-order valence-electron chi connectivity index (χ3n) is 5.23. The molecule has 2 aromatic rings. The van der Waals surface area contributed by atoms with Crippen LogP contribution in [0.3, 0.4) is 0 Å². The predicted molar refractivity (Wildman–Crippen MR) is 115 cm³/mol. The monoisotopic (exact) mass is 415 g/mol. The van der Waals surface area contributed by atoms with Crippen LogP contribution in [0.4, 0.5) is 0 Å². The molecule has 0 atom stereocenters. The van der Waals surface area contributed by atoms with E-state index in [-0.39, 0.29) is 30.5 Å². The van der Waals surface area contributed by atoms with Crippen molar-refractivity contribution in [2.24, 2.45) is 0 Å². The number of carbonyl (C=O) groups excluding carboxylic acids is 1. The summed E-state index contributed by atoms with van der Waals surface area (Å²) < 4.78 is 11.5. The molecule has 0 spiro atoms. The van der Waals surface area contributed by atoms with Crippen LogP contribution in [0.5, 0.6) is 17.2 Å². The molecule has 2 heterocycles. The first kappa shape index (κ1) is 21.2. The van der Waals surface area contributed by atoms with E-state index in [0.29, 0.717) is 23.5 Å². The van der Waals surface area contributed by atoms with Crippen LogP contribution in [0.2, 0.25) is 0 Å². The van der Waals surface area contributed by atoms with E-state index in [0.717, 1.165) is 17.9 Å². The minimum absolute atomic E-state index is 0. The number of hydrogen-bond acceptors (Lipinski definition) is 5. The average molecular weight is 416 g/mol. The Labute approximate surface area is 177 Å². The van der Waals surface area contributed by atoms with Gasteiger partial charge in [0.1, 0.15) is 30.5 Å². The number of hydrogen-bond donors (Lipinski definition) is 1. The molecule has 0 radical (unpaired) electrons. The maximum absolute atomic E-state index is 12.6. The van der Waals surface area contributed by atoms with Crippen molar-refractivity contribution in [2.45, 2.75) is 19.3 Å². The molecule has 2 aliphatic rings. The quantitative estimate of drug-likeness (QED) is 0.736.